The maximum atomic E-state index is 12.6. The molecule has 4 heteroatoms. The second-order valence-electron chi connectivity index (χ2n) is 4.07. The molecule has 1 aromatic rings. The van der Waals surface area contributed by atoms with Gasteiger partial charge in [-0.05, 0) is 23.6 Å². The molecule has 0 aliphatic carbocycles. The van der Waals surface area contributed by atoms with Gasteiger partial charge in [0.1, 0.15) is 11.9 Å². The SMILES string of the molecule is CC(C)C(NCc1ccc(F)cc1)C(=O)O. The third kappa shape index (κ3) is 3.62. The number of carboxylic acids is 1. The summed E-state index contributed by atoms with van der Waals surface area (Å²) < 4.78 is 12.6. The summed E-state index contributed by atoms with van der Waals surface area (Å²) in [6.07, 6.45) is 0. The molecule has 1 atom stereocenters. The van der Waals surface area contributed by atoms with Crippen molar-refractivity contribution in [3.05, 3.63) is 35.6 Å². The quantitative estimate of drug-likeness (QED) is 0.806. The van der Waals surface area contributed by atoms with Crippen LogP contribution in [0.1, 0.15) is 19.4 Å². The molecule has 1 unspecified atom stereocenters. The van der Waals surface area contributed by atoms with Gasteiger partial charge in [-0.25, -0.2) is 4.39 Å². The topological polar surface area (TPSA) is 49.3 Å². The zero-order valence-corrected chi connectivity index (χ0v) is 9.40. The highest BCUT2D eigenvalue weighted by Gasteiger charge is 2.20. The number of halogens is 1. The van der Waals surface area contributed by atoms with Gasteiger partial charge in [0.15, 0.2) is 0 Å². The highest BCUT2D eigenvalue weighted by Crippen LogP contribution is 2.06. The van der Waals surface area contributed by atoms with Gasteiger partial charge in [0, 0.05) is 6.54 Å². The molecular formula is C12H16FNO2. The van der Waals surface area contributed by atoms with E-state index >= 15 is 0 Å². The number of aliphatic carboxylic acids is 1. The van der Waals surface area contributed by atoms with Gasteiger partial charge in [-0.3, -0.25) is 4.79 Å². The first-order chi connectivity index (χ1) is 7.50. The van der Waals surface area contributed by atoms with Crippen LogP contribution in [0.25, 0.3) is 0 Å². The van der Waals surface area contributed by atoms with Crippen LogP contribution in [0.3, 0.4) is 0 Å². The Morgan fingerprint density at radius 1 is 1.38 bits per heavy atom. The molecule has 0 aliphatic rings. The molecule has 0 amide bonds. The molecule has 0 saturated carbocycles. The molecule has 0 fully saturated rings. The van der Waals surface area contributed by atoms with Gasteiger partial charge in [0.05, 0.1) is 0 Å². The van der Waals surface area contributed by atoms with Crippen molar-refractivity contribution in [1.29, 1.82) is 0 Å². The molecule has 0 radical (unpaired) electrons. The van der Waals surface area contributed by atoms with Gasteiger partial charge in [-0.15, -0.1) is 0 Å². The highest BCUT2D eigenvalue weighted by atomic mass is 19.1. The maximum Gasteiger partial charge on any atom is 0.320 e. The average molecular weight is 225 g/mol. The Bertz CT molecular complexity index is 349. The smallest absolute Gasteiger partial charge is 0.320 e. The predicted octanol–water partition coefficient (Wildman–Crippen LogP) is 2.02. The highest BCUT2D eigenvalue weighted by molar-refractivity contribution is 5.73. The van der Waals surface area contributed by atoms with Gasteiger partial charge >= 0.3 is 5.97 Å². The van der Waals surface area contributed by atoms with Crippen molar-refractivity contribution in [3.63, 3.8) is 0 Å². The number of nitrogens with one attached hydrogen (secondary N) is 1. The van der Waals surface area contributed by atoms with Crippen molar-refractivity contribution in [2.45, 2.75) is 26.4 Å². The summed E-state index contributed by atoms with van der Waals surface area (Å²) in [6, 6.07) is 5.43. The summed E-state index contributed by atoms with van der Waals surface area (Å²) in [5, 5.41) is 11.9. The van der Waals surface area contributed by atoms with Crippen LogP contribution in [0.5, 0.6) is 0 Å². The standard InChI is InChI=1S/C12H16FNO2/c1-8(2)11(12(15)16)14-7-9-3-5-10(13)6-4-9/h3-6,8,11,14H,7H2,1-2H3,(H,15,16). The third-order valence-electron chi connectivity index (χ3n) is 2.37. The molecule has 0 bridgehead atoms. The lowest BCUT2D eigenvalue weighted by molar-refractivity contribution is -0.140. The number of hydrogen-bond acceptors (Lipinski definition) is 2. The fourth-order valence-electron chi connectivity index (χ4n) is 1.44. The Hall–Kier alpha value is -1.42. The molecule has 0 heterocycles. The number of hydrogen-bond donors (Lipinski definition) is 2. The van der Waals surface area contributed by atoms with Gasteiger partial charge in [0.2, 0.25) is 0 Å². The Kier molecular flexibility index (Phi) is 4.43. The molecule has 2 N–H and O–H groups in total. The first-order valence-electron chi connectivity index (χ1n) is 5.21. The minimum Gasteiger partial charge on any atom is -0.480 e. The normalized spacial score (nSPS) is 12.8. The summed E-state index contributed by atoms with van der Waals surface area (Å²) in [7, 11) is 0. The largest absolute Gasteiger partial charge is 0.480 e. The van der Waals surface area contributed by atoms with Crippen LogP contribution in [0.2, 0.25) is 0 Å². The summed E-state index contributed by atoms with van der Waals surface area (Å²) in [6.45, 7) is 4.11. The second kappa shape index (κ2) is 5.61. The number of rotatable bonds is 5. The van der Waals surface area contributed by atoms with E-state index in [0.717, 1.165) is 5.56 Å². The van der Waals surface area contributed by atoms with Crippen LogP contribution < -0.4 is 5.32 Å². The maximum absolute atomic E-state index is 12.6. The zero-order chi connectivity index (χ0) is 12.1. The lowest BCUT2D eigenvalue weighted by atomic mass is 10.0. The van der Waals surface area contributed by atoms with Crippen molar-refractivity contribution in [1.82, 2.24) is 5.32 Å². The van der Waals surface area contributed by atoms with Crippen molar-refractivity contribution >= 4 is 5.97 Å². The van der Waals surface area contributed by atoms with Gasteiger partial charge < -0.3 is 10.4 Å². The van der Waals surface area contributed by atoms with Crippen molar-refractivity contribution in [2.75, 3.05) is 0 Å². The van der Waals surface area contributed by atoms with E-state index < -0.39 is 12.0 Å². The molecule has 88 valence electrons. The summed E-state index contributed by atoms with van der Waals surface area (Å²) in [5.74, 6) is -1.14. The second-order valence-corrected chi connectivity index (χ2v) is 4.07. The first kappa shape index (κ1) is 12.6. The minimum atomic E-state index is -0.864. The monoisotopic (exact) mass is 225 g/mol. The molecule has 0 saturated heterocycles. The lowest BCUT2D eigenvalue weighted by Gasteiger charge is -2.17. The number of carbonyl (C=O) groups is 1. The van der Waals surface area contributed by atoms with Crippen LogP contribution in [-0.4, -0.2) is 17.1 Å². The van der Waals surface area contributed by atoms with E-state index in [1.807, 2.05) is 13.8 Å². The van der Waals surface area contributed by atoms with E-state index in [4.69, 9.17) is 5.11 Å². The summed E-state index contributed by atoms with van der Waals surface area (Å²) in [5.41, 5.74) is 0.869. The van der Waals surface area contributed by atoms with Crippen molar-refractivity contribution in [3.8, 4) is 0 Å². The molecule has 0 spiro atoms. The fourth-order valence-corrected chi connectivity index (χ4v) is 1.44. The number of benzene rings is 1. The third-order valence-corrected chi connectivity index (χ3v) is 2.37. The average Bonchev–Trinajstić information content (AvgIpc) is 2.20. The summed E-state index contributed by atoms with van der Waals surface area (Å²) in [4.78, 5) is 10.9. The molecule has 1 aromatic carbocycles. The van der Waals surface area contributed by atoms with Crippen LogP contribution in [-0.2, 0) is 11.3 Å². The molecule has 3 nitrogen and oxygen atoms in total. The van der Waals surface area contributed by atoms with Crippen LogP contribution in [0.15, 0.2) is 24.3 Å². The van der Waals surface area contributed by atoms with Crippen molar-refractivity contribution in [2.24, 2.45) is 5.92 Å². The van der Waals surface area contributed by atoms with E-state index in [9.17, 15) is 9.18 Å². The van der Waals surface area contributed by atoms with Crippen LogP contribution >= 0.6 is 0 Å². The van der Waals surface area contributed by atoms with Gasteiger partial charge in [-0.2, -0.15) is 0 Å². The Morgan fingerprint density at radius 3 is 2.38 bits per heavy atom. The van der Waals surface area contributed by atoms with Crippen molar-refractivity contribution < 1.29 is 14.3 Å². The van der Waals surface area contributed by atoms with Crippen LogP contribution in [0.4, 0.5) is 4.39 Å². The zero-order valence-electron chi connectivity index (χ0n) is 9.40. The number of carboxylic acid groups (broad SMARTS) is 1. The van der Waals surface area contributed by atoms with Gasteiger partial charge in [0.25, 0.3) is 0 Å². The Balaban J connectivity index is 2.55. The Labute approximate surface area is 94.3 Å². The Morgan fingerprint density at radius 2 is 1.94 bits per heavy atom. The van der Waals surface area contributed by atoms with Gasteiger partial charge in [-0.1, -0.05) is 26.0 Å². The van der Waals surface area contributed by atoms with E-state index in [1.54, 1.807) is 12.1 Å². The lowest BCUT2D eigenvalue weighted by Crippen LogP contribution is -2.40. The fraction of sp³-hybridized carbons (Fsp3) is 0.417. The molecule has 0 aliphatic heterocycles. The molecular weight excluding hydrogens is 209 g/mol. The molecule has 1 rings (SSSR count). The first-order valence-corrected chi connectivity index (χ1v) is 5.21. The van der Waals surface area contributed by atoms with Crippen LogP contribution in [0, 0.1) is 11.7 Å². The summed E-state index contributed by atoms with van der Waals surface area (Å²) >= 11 is 0. The minimum absolute atomic E-state index is 0.0120. The van der Waals surface area contributed by atoms with E-state index in [2.05, 4.69) is 5.32 Å². The molecule has 0 aromatic heterocycles. The van der Waals surface area contributed by atoms with E-state index in [-0.39, 0.29) is 11.7 Å². The molecule has 16 heavy (non-hydrogen) atoms. The predicted molar refractivity (Wildman–Crippen MR) is 59.5 cm³/mol. The van der Waals surface area contributed by atoms with E-state index in [1.165, 1.54) is 12.1 Å². The van der Waals surface area contributed by atoms with E-state index in [0.29, 0.717) is 6.54 Å².